The number of nitrogens with zero attached hydrogens (tertiary/aromatic N) is 1. The molecule has 0 bridgehead atoms. The largest absolute Gasteiger partial charge is 0.353 e. The Morgan fingerprint density at radius 3 is 2.22 bits per heavy atom. The predicted octanol–water partition coefficient (Wildman–Crippen LogP) is 2.74. The summed E-state index contributed by atoms with van der Waals surface area (Å²) in [6, 6.07) is 1.25. The van der Waals surface area contributed by atoms with E-state index in [1.165, 1.54) is 45.2 Å². The van der Waals surface area contributed by atoms with Gasteiger partial charge in [-0.25, -0.2) is 0 Å². The molecule has 136 valence electrons. The maximum absolute atomic E-state index is 12.3. The van der Waals surface area contributed by atoms with Gasteiger partial charge >= 0.3 is 0 Å². The molecule has 2 N–H and O–H groups in total. The number of nitrogens with one attached hydrogen (secondary N) is 2. The van der Waals surface area contributed by atoms with Crippen molar-refractivity contribution < 1.29 is 4.79 Å². The lowest BCUT2D eigenvalue weighted by molar-refractivity contribution is -0.126. The van der Waals surface area contributed by atoms with Crippen LogP contribution in [-0.2, 0) is 4.79 Å². The average Bonchev–Trinajstić information content (AvgIpc) is 2.57. The molecule has 2 heterocycles. The fourth-order valence-corrected chi connectivity index (χ4v) is 4.25. The van der Waals surface area contributed by atoms with Gasteiger partial charge in [0.25, 0.3) is 0 Å². The van der Waals surface area contributed by atoms with E-state index in [0.717, 1.165) is 44.8 Å². The summed E-state index contributed by atoms with van der Waals surface area (Å²) < 4.78 is 0. The van der Waals surface area contributed by atoms with Crippen LogP contribution in [0.5, 0.6) is 0 Å². The van der Waals surface area contributed by atoms with Crippen molar-refractivity contribution in [2.75, 3.05) is 26.2 Å². The number of rotatable bonds is 3. The summed E-state index contributed by atoms with van der Waals surface area (Å²) in [5, 5.41) is 6.64. The van der Waals surface area contributed by atoms with Crippen molar-refractivity contribution in [1.29, 1.82) is 0 Å². The molecule has 3 aliphatic rings. The van der Waals surface area contributed by atoms with E-state index in [9.17, 15) is 4.79 Å². The third kappa shape index (κ3) is 6.08. The first-order chi connectivity index (χ1) is 10.3. The van der Waals surface area contributed by atoms with E-state index in [0.29, 0.717) is 11.9 Å². The number of halogens is 2. The van der Waals surface area contributed by atoms with Crippen LogP contribution in [0.2, 0.25) is 0 Å². The molecule has 1 aliphatic carbocycles. The number of likely N-dealkylation sites (tertiary alicyclic amines) is 1. The van der Waals surface area contributed by atoms with Crippen molar-refractivity contribution in [1.82, 2.24) is 15.5 Å². The van der Waals surface area contributed by atoms with Gasteiger partial charge in [-0.1, -0.05) is 19.3 Å². The lowest BCUT2D eigenvalue weighted by atomic mass is 9.91. The molecule has 3 fully saturated rings. The quantitative estimate of drug-likeness (QED) is 0.807. The fourth-order valence-electron chi connectivity index (χ4n) is 4.25. The topological polar surface area (TPSA) is 44.4 Å². The molecule has 2 aliphatic heterocycles. The number of hydrogen-bond donors (Lipinski definition) is 2. The van der Waals surface area contributed by atoms with Gasteiger partial charge in [0.1, 0.15) is 0 Å². The van der Waals surface area contributed by atoms with Crippen LogP contribution < -0.4 is 10.6 Å². The van der Waals surface area contributed by atoms with E-state index >= 15 is 0 Å². The van der Waals surface area contributed by atoms with Gasteiger partial charge in [-0.2, -0.15) is 0 Å². The molecular weight excluding hydrogens is 333 g/mol. The van der Waals surface area contributed by atoms with Crippen LogP contribution in [0.4, 0.5) is 0 Å². The van der Waals surface area contributed by atoms with Crippen LogP contribution in [0.15, 0.2) is 0 Å². The number of hydrogen-bond acceptors (Lipinski definition) is 3. The van der Waals surface area contributed by atoms with Gasteiger partial charge < -0.3 is 15.5 Å². The van der Waals surface area contributed by atoms with Crippen molar-refractivity contribution in [3.63, 3.8) is 0 Å². The zero-order valence-electron chi connectivity index (χ0n) is 14.1. The minimum Gasteiger partial charge on any atom is -0.353 e. The van der Waals surface area contributed by atoms with Crippen molar-refractivity contribution in [2.45, 2.75) is 69.9 Å². The second-order valence-corrected chi connectivity index (χ2v) is 7.15. The number of amides is 1. The van der Waals surface area contributed by atoms with Gasteiger partial charge in [-0.15, -0.1) is 24.8 Å². The minimum absolute atomic E-state index is 0. The lowest BCUT2D eigenvalue weighted by Crippen LogP contribution is -2.50. The van der Waals surface area contributed by atoms with Gasteiger partial charge in [0.05, 0.1) is 5.92 Å². The SMILES string of the molecule is Cl.Cl.O=C(NC1CCN(C2CCCCC2)CC1)C1CCCNC1. The molecule has 0 aromatic rings. The molecule has 1 unspecified atom stereocenters. The normalized spacial score (nSPS) is 27.6. The van der Waals surface area contributed by atoms with E-state index in [4.69, 9.17) is 0 Å². The first-order valence-corrected chi connectivity index (χ1v) is 9.08. The second-order valence-electron chi connectivity index (χ2n) is 7.15. The summed E-state index contributed by atoms with van der Waals surface area (Å²) >= 11 is 0. The Hall–Kier alpha value is -0.0300. The zero-order valence-corrected chi connectivity index (χ0v) is 15.7. The Labute approximate surface area is 153 Å². The Morgan fingerprint density at radius 2 is 1.61 bits per heavy atom. The molecule has 1 amide bonds. The standard InChI is InChI=1S/C17H31N3O.2ClH/c21-17(14-5-4-10-18-13-14)19-15-8-11-20(12-9-15)16-6-2-1-3-7-16;;/h14-16,18H,1-13H2,(H,19,21);2*1H. The molecule has 0 aromatic carbocycles. The summed E-state index contributed by atoms with van der Waals surface area (Å²) in [7, 11) is 0. The lowest BCUT2D eigenvalue weighted by Gasteiger charge is -2.39. The molecule has 0 aromatic heterocycles. The average molecular weight is 366 g/mol. The van der Waals surface area contributed by atoms with Gasteiger partial charge in [0.2, 0.25) is 5.91 Å². The van der Waals surface area contributed by atoms with Crippen molar-refractivity contribution in [3.05, 3.63) is 0 Å². The first kappa shape index (κ1) is 21.0. The smallest absolute Gasteiger partial charge is 0.224 e. The van der Waals surface area contributed by atoms with Crippen LogP contribution in [0.3, 0.4) is 0 Å². The van der Waals surface area contributed by atoms with Crippen LogP contribution in [0, 0.1) is 5.92 Å². The van der Waals surface area contributed by atoms with Gasteiger partial charge in [0.15, 0.2) is 0 Å². The van der Waals surface area contributed by atoms with Crippen molar-refractivity contribution in [2.24, 2.45) is 5.92 Å². The maximum Gasteiger partial charge on any atom is 0.224 e. The third-order valence-corrected chi connectivity index (χ3v) is 5.63. The van der Waals surface area contributed by atoms with E-state index in [2.05, 4.69) is 15.5 Å². The monoisotopic (exact) mass is 365 g/mol. The highest BCUT2D eigenvalue weighted by atomic mass is 35.5. The summed E-state index contributed by atoms with van der Waals surface area (Å²) in [6.07, 6.45) is 11.5. The Kier molecular flexibility index (Phi) is 9.83. The molecule has 3 rings (SSSR count). The van der Waals surface area contributed by atoms with E-state index in [-0.39, 0.29) is 30.7 Å². The Balaban J connectivity index is 0.00000132. The number of piperidine rings is 2. The summed E-state index contributed by atoms with van der Waals surface area (Å²) in [6.45, 7) is 4.30. The highest BCUT2D eigenvalue weighted by Gasteiger charge is 2.28. The Bertz CT molecular complexity index is 337. The molecule has 1 saturated carbocycles. The van der Waals surface area contributed by atoms with Gasteiger partial charge in [-0.05, 0) is 45.1 Å². The van der Waals surface area contributed by atoms with E-state index < -0.39 is 0 Å². The van der Waals surface area contributed by atoms with Crippen molar-refractivity contribution >= 4 is 30.7 Å². The molecule has 0 spiro atoms. The molecule has 23 heavy (non-hydrogen) atoms. The van der Waals surface area contributed by atoms with Crippen LogP contribution in [0.25, 0.3) is 0 Å². The number of carbonyl (C=O) groups excluding carboxylic acids is 1. The minimum atomic E-state index is 0. The van der Waals surface area contributed by atoms with Crippen LogP contribution in [-0.4, -0.2) is 49.1 Å². The molecular formula is C17H33Cl2N3O. The fraction of sp³-hybridized carbons (Fsp3) is 0.941. The summed E-state index contributed by atoms with van der Waals surface area (Å²) in [4.78, 5) is 15.0. The first-order valence-electron chi connectivity index (χ1n) is 9.08. The van der Waals surface area contributed by atoms with Gasteiger partial charge in [-0.3, -0.25) is 4.79 Å². The molecule has 0 radical (unpaired) electrons. The molecule has 1 atom stereocenters. The van der Waals surface area contributed by atoms with Gasteiger partial charge in [0, 0.05) is 31.7 Å². The Morgan fingerprint density at radius 1 is 0.913 bits per heavy atom. The summed E-state index contributed by atoms with van der Waals surface area (Å²) in [5.74, 6) is 0.494. The van der Waals surface area contributed by atoms with Crippen LogP contribution in [0.1, 0.15) is 57.8 Å². The second kappa shape index (κ2) is 10.8. The van der Waals surface area contributed by atoms with E-state index in [1.54, 1.807) is 0 Å². The molecule has 6 heteroatoms. The highest BCUT2D eigenvalue weighted by Crippen LogP contribution is 2.25. The highest BCUT2D eigenvalue weighted by molar-refractivity contribution is 5.85. The molecule has 2 saturated heterocycles. The molecule has 4 nitrogen and oxygen atoms in total. The van der Waals surface area contributed by atoms with Crippen molar-refractivity contribution in [3.8, 4) is 0 Å². The third-order valence-electron chi connectivity index (χ3n) is 5.63. The maximum atomic E-state index is 12.3. The number of carbonyl (C=O) groups is 1. The predicted molar refractivity (Wildman–Crippen MR) is 99.7 cm³/mol. The van der Waals surface area contributed by atoms with E-state index in [1.807, 2.05) is 0 Å². The zero-order chi connectivity index (χ0) is 14.5. The van der Waals surface area contributed by atoms with Crippen LogP contribution >= 0.6 is 24.8 Å². The summed E-state index contributed by atoms with van der Waals surface area (Å²) in [5.41, 5.74) is 0.